The minimum Gasteiger partial charge on any atom is -0.256 e. The van der Waals surface area contributed by atoms with E-state index in [2.05, 4.69) is 121 Å². The Morgan fingerprint density at radius 2 is 0.685 bits per heavy atom. The van der Waals surface area contributed by atoms with Crippen molar-refractivity contribution in [2.45, 2.75) is 0 Å². The van der Waals surface area contributed by atoms with E-state index in [9.17, 15) is 0 Å². The number of benzene rings is 8. The van der Waals surface area contributed by atoms with Crippen molar-refractivity contribution in [1.82, 2.24) is 19.9 Å². The Bertz CT molecular complexity index is 2890. The molecule has 0 spiro atoms. The highest BCUT2D eigenvalue weighted by molar-refractivity contribution is 6.21. The number of hydrogen-bond acceptors (Lipinski definition) is 4. The molecule has 0 saturated heterocycles. The number of aromatic nitrogens is 4. The first-order valence-electron chi connectivity index (χ1n) is 18.1. The Hall–Kier alpha value is -7.30. The molecule has 4 heteroatoms. The van der Waals surface area contributed by atoms with Crippen molar-refractivity contribution in [2.24, 2.45) is 0 Å². The molecule has 10 aromatic rings. The zero-order chi connectivity index (χ0) is 35.8. The van der Waals surface area contributed by atoms with Crippen LogP contribution in [0.3, 0.4) is 0 Å². The second-order valence-electron chi connectivity index (χ2n) is 13.4. The van der Waals surface area contributed by atoms with Gasteiger partial charge in [-0.05, 0) is 55.4 Å². The van der Waals surface area contributed by atoms with Crippen molar-refractivity contribution in [1.29, 1.82) is 0 Å². The van der Waals surface area contributed by atoms with Crippen molar-refractivity contribution < 1.29 is 0 Å². The van der Waals surface area contributed by atoms with Gasteiger partial charge in [0.05, 0.1) is 5.52 Å². The van der Waals surface area contributed by atoms with Gasteiger partial charge in [0.1, 0.15) is 0 Å². The molecule has 0 atom stereocenters. The molecule has 252 valence electrons. The van der Waals surface area contributed by atoms with Gasteiger partial charge in [0.25, 0.3) is 0 Å². The number of para-hydroxylation sites is 1. The van der Waals surface area contributed by atoms with Crippen LogP contribution in [0.4, 0.5) is 0 Å². The van der Waals surface area contributed by atoms with Gasteiger partial charge in [-0.1, -0.05) is 182 Å². The monoisotopic (exact) mass is 688 g/mol. The third kappa shape index (κ3) is 5.58. The van der Waals surface area contributed by atoms with Crippen LogP contribution in [0.2, 0.25) is 0 Å². The van der Waals surface area contributed by atoms with E-state index in [0.29, 0.717) is 17.5 Å². The van der Waals surface area contributed by atoms with Gasteiger partial charge in [-0.25, -0.2) is 15.0 Å². The Kier molecular flexibility index (Phi) is 7.77. The van der Waals surface area contributed by atoms with Crippen LogP contribution in [0, 0.1) is 0 Å². The SMILES string of the molecule is c1ccc(-c2nc(-c3ccccc3)nc(-c3ccc(-c4c(-c5ccc(-c6cccc7cccnc67)cc5)c5ccccc5c5ccccc45)cc3)n2)cc1. The minimum atomic E-state index is 0.636. The van der Waals surface area contributed by atoms with E-state index >= 15 is 0 Å². The van der Waals surface area contributed by atoms with Crippen molar-refractivity contribution in [3.63, 3.8) is 0 Å². The first-order chi connectivity index (χ1) is 26.8. The Balaban J connectivity index is 1.13. The summed E-state index contributed by atoms with van der Waals surface area (Å²) in [4.78, 5) is 19.6. The summed E-state index contributed by atoms with van der Waals surface area (Å²) in [5.74, 6) is 1.93. The highest BCUT2D eigenvalue weighted by Crippen LogP contribution is 2.45. The molecule has 54 heavy (non-hydrogen) atoms. The van der Waals surface area contributed by atoms with E-state index in [1.165, 1.54) is 32.7 Å². The first-order valence-corrected chi connectivity index (χ1v) is 18.1. The van der Waals surface area contributed by atoms with E-state index in [4.69, 9.17) is 19.9 Å². The van der Waals surface area contributed by atoms with Gasteiger partial charge in [-0.2, -0.15) is 0 Å². The maximum Gasteiger partial charge on any atom is 0.164 e. The predicted octanol–water partition coefficient (Wildman–Crippen LogP) is 12.7. The minimum absolute atomic E-state index is 0.636. The average molecular weight is 689 g/mol. The van der Waals surface area contributed by atoms with Gasteiger partial charge < -0.3 is 0 Å². The summed E-state index contributed by atoms with van der Waals surface area (Å²) in [6, 6.07) is 65.8. The normalized spacial score (nSPS) is 11.3. The van der Waals surface area contributed by atoms with E-state index in [0.717, 1.165) is 49.8 Å². The molecule has 2 aromatic heterocycles. The summed E-state index contributed by atoms with van der Waals surface area (Å²) in [7, 11) is 0. The van der Waals surface area contributed by atoms with E-state index in [-0.39, 0.29) is 0 Å². The molecule has 0 aliphatic carbocycles. The van der Waals surface area contributed by atoms with E-state index in [1.54, 1.807) is 0 Å². The van der Waals surface area contributed by atoms with Gasteiger partial charge in [0.15, 0.2) is 17.5 Å². The van der Waals surface area contributed by atoms with Crippen LogP contribution in [0.1, 0.15) is 0 Å². The quantitative estimate of drug-likeness (QED) is 0.163. The molecule has 0 N–H and O–H groups in total. The number of nitrogens with zero attached hydrogens (tertiary/aromatic N) is 4. The fourth-order valence-corrected chi connectivity index (χ4v) is 7.62. The fraction of sp³-hybridized carbons (Fsp3) is 0. The van der Waals surface area contributed by atoms with E-state index < -0.39 is 0 Å². The van der Waals surface area contributed by atoms with E-state index in [1.807, 2.05) is 72.9 Å². The van der Waals surface area contributed by atoms with Crippen LogP contribution in [-0.4, -0.2) is 19.9 Å². The molecule has 0 fully saturated rings. The molecule has 0 aliphatic rings. The summed E-state index contributed by atoms with van der Waals surface area (Å²) in [5.41, 5.74) is 10.8. The lowest BCUT2D eigenvalue weighted by molar-refractivity contribution is 1.07. The van der Waals surface area contributed by atoms with Gasteiger partial charge in [-0.15, -0.1) is 0 Å². The van der Waals surface area contributed by atoms with Crippen LogP contribution in [0.5, 0.6) is 0 Å². The second-order valence-corrected chi connectivity index (χ2v) is 13.4. The summed E-state index contributed by atoms with van der Waals surface area (Å²) >= 11 is 0. The highest BCUT2D eigenvalue weighted by atomic mass is 15.0. The molecule has 0 radical (unpaired) electrons. The molecule has 8 aromatic carbocycles. The van der Waals surface area contributed by atoms with Gasteiger partial charge in [0.2, 0.25) is 0 Å². The topological polar surface area (TPSA) is 51.6 Å². The second kappa shape index (κ2) is 13.4. The van der Waals surface area contributed by atoms with Crippen LogP contribution in [0.15, 0.2) is 194 Å². The number of pyridine rings is 1. The lowest BCUT2D eigenvalue weighted by Crippen LogP contribution is -2.00. The van der Waals surface area contributed by atoms with Crippen molar-refractivity contribution >= 4 is 32.4 Å². The van der Waals surface area contributed by atoms with Crippen molar-refractivity contribution in [2.75, 3.05) is 0 Å². The lowest BCUT2D eigenvalue weighted by atomic mass is 9.84. The highest BCUT2D eigenvalue weighted by Gasteiger charge is 2.19. The molecule has 0 bridgehead atoms. The molecule has 2 heterocycles. The lowest BCUT2D eigenvalue weighted by Gasteiger charge is -2.19. The molecular formula is C50H32N4. The predicted molar refractivity (Wildman–Crippen MR) is 223 cm³/mol. The maximum atomic E-state index is 4.98. The van der Waals surface area contributed by atoms with Gasteiger partial charge in [0, 0.05) is 33.8 Å². The Morgan fingerprint density at radius 3 is 1.20 bits per heavy atom. The third-order valence-corrected chi connectivity index (χ3v) is 10.2. The smallest absolute Gasteiger partial charge is 0.164 e. The first kappa shape index (κ1) is 31.4. The van der Waals surface area contributed by atoms with Crippen LogP contribution < -0.4 is 0 Å². The Morgan fingerprint density at radius 1 is 0.278 bits per heavy atom. The standard InChI is InChI=1S/C50H32N4/c1-3-13-37(14-4-1)48-52-49(38-15-5-2-6-16-38)54-50(53-48)39-30-28-35(29-31-39)46-44-22-10-8-20-42(44)41-19-7-9-21-43(41)45(46)34-26-24-33(25-27-34)40-23-11-17-36-18-12-32-51-47(36)40/h1-32H. The summed E-state index contributed by atoms with van der Waals surface area (Å²) in [6.45, 7) is 0. The van der Waals surface area contributed by atoms with Crippen molar-refractivity contribution in [3.05, 3.63) is 194 Å². The van der Waals surface area contributed by atoms with Crippen LogP contribution >= 0.6 is 0 Å². The summed E-state index contributed by atoms with van der Waals surface area (Å²) in [5, 5.41) is 6.02. The zero-order valence-corrected chi connectivity index (χ0v) is 29.3. The number of hydrogen-bond donors (Lipinski definition) is 0. The molecule has 0 amide bonds. The van der Waals surface area contributed by atoms with Gasteiger partial charge >= 0.3 is 0 Å². The molecule has 10 rings (SSSR count). The van der Waals surface area contributed by atoms with Crippen LogP contribution in [0.25, 0.3) is 100.0 Å². The van der Waals surface area contributed by atoms with Crippen LogP contribution in [-0.2, 0) is 0 Å². The molecular weight excluding hydrogens is 657 g/mol. The maximum absolute atomic E-state index is 4.98. The van der Waals surface area contributed by atoms with Gasteiger partial charge in [-0.3, -0.25) is 4.98 Å². The molecule has 0 saturated carbocycles. The third-order valence-electron chi connectivity index (χ3n) is 10.2. The fourth-order valence-electron chi connectivity index (χ4n) is 7.62. The molecule has 0 unspecified atom stereocenters. The summed E-state index contributed by atoms with van der Waals surface area (Å²) < 4.78 is 0. The zero-order valence-electron chi connectivity index (χ0n) is 29.3. The Labute approximate surface area is 313 Å². The number of rotatable bonds is 6. The molecule has 0 aliphatic heterocycles. The average Bonchev–Trinajstić information content (AvgIpc) is 3.26. The van der Waals surface area contributed by atoms with Crippen molar-refractivity contribution in [3.8, 4) is 67.5 Å². The molecule has 4 nitrogen and oxygen atoms in total. The largest absolute Gasteiger partial charge is 0.256 e. The summed E-state index contributed by atoms with van der Waals surface area (Å²) in [6.07, 6.45) is 1.87. The number of fused-ring (bicyclic) bond motifs is 4.